The van der Waals surface area contributed by atoms with Crippen LogP contribution in [0.1, 0.15) is 36.9 Å². The van der Waals surface area contributed by atoms with E-state index in [1.807, 2.05) is 30.6 Å². The SMILES string of the molecule is CN(Cc1cn(CCCCCCSc2ccnc3cc(C(F)(F)F)ccc23)cn1)c1ccccc1. The molecule has 4 nitrogen and oxygen atoms in total. The van der Waals surface area contributed by atoms with Crippen molar-refractivity contribution in [2.45, 2.75) is 49.8 Å². The van der Waals surface area contributed by atoms with Crippen LogP contribution in [-0.2, 0) is 19.3 Å². The fraction of sp³-hybridized carbons (Fsp3) is 0.333. The lowest BCUT2D eigenvalue weighted by Crippen LogP contribution is -2.16. The van der Waals surface area contributed by atoms with Crippen LogP contribution in [0.2, 0.25) is 0 Å². The number of aromatic nitrogens is 3. The molecule has 4 rings (SSSR count). The highest BCUT2D eigenvalue weighted by molar-refractivity contribution is 7.99. The zero-order valence-electron chi connectivity index (χ0n) is 19.7. The average molecular weight is 499 g/mol. The minimum atomic E-state index is -4.35. The third-order valence-corrected chi connectivity index (χ3v) is 7.04. The maximum Gasteiger partial charge on any atom is 0.416 e. The van der Waals surface area contributed by atoms with Crippen molar-refractivity contribution in [2.75, 3.05) is 17.7 Å². The van der Waals surface area contributed by atoms with Gasteiger partial charge in [-0.15, -0.1) is 11.8 Å². The summed E-state index contributed by atoms with van der Waals surface area (Å²) in [5, 5.41) is 0.777. The first-order valence-corrected chi connectivity index (χ1v) is 12.7. The first kappa shape index (κ1) is 25.1. The number of hydrogen-bond donors (Lipinski definition) is 0. The number of alkyl halides is 3. The smallest absolute Gasteiger partial charge is 0.369 e. The molecular weight excluding hydrogens is 469 g/mol. The van der Waals surface area contributed by atoms with Gasteiger partial charge in [-0.25, -0.2) is 4.98 Å². The number of fused-ring (bicyclic) bond motifs is 1. The van der Waals surface area contributed by atoms with Crippen LogP contribution in [0, 0.1) is 0 Å². The standard InChI is InChI=1S/C27H29F3N4S/c1-33(23-9-5-4-6-10-23)18-22-19-34(20-32-22)15-7-2-3-8-16-35-26-13-14-31-25-17-21(27(28,29)30)11-12-24(25)26/h4-6,9-14,17,19-20H,2-3,7-8,15-16,18H2,1H3. The predicted molar refractivity (Wildman–Crippen MR) is 137 cm³/mol. The quantitative estimate of drug-likeness (QED) is 0.159. The molecule has 0 fully saturated rings. The Morgan fingerprint density at radius 3 is 2.54 bits per heavy atom. The van der Waals surface area contributed by atoms with Crippen molar-refractivity contribution >= 4 is 28.4 Å². The molecule has 0 aliphatic heterocycles. The van der Waals surface area contributed by atoms with Gasteiger partial charge in [0.15, 0.2) is 0 Å². The van der Waals surface area contributed by atoms with Gasteiger partial charge in [0, 0.05) is 42.0 Å². The molecule has 8 heteroatoms. The van der Waals surface area contributed by atoms with Gasteiger partial charge in [0.2, 0.25) is 0 Å². The van der Waals surface area contributed by atoms with E-state index in [0.717, 1.165) is 72.6 Å². The van der Waals surface area contributed by atoms with Gasteiger partial charge < -0.3 is 9.47 Å². The summed E-state index contributed by atoms with van der Waals surface area (Å²) in [7, 11) is 2.07. The van der Waals surface area contributed by atoms with Gasteiger partial charge in [-0.05, 0) is 48.9 Å². The molecule has 0 spiro atoms. The van der Waals surface area contributed by atoms with E-state index < -0.39 is 11.7 Å². The molecule has 0 bridgehead atoms. The number of benzene rings is 2. The monoisotopic (exact) mass is 498 g/mol. The number of nitrogens with zero attached hydrogens (tertiary/aromatic N) is 4. The minimum absolute atomic E-state index is 0.388. The van der Waals surface area contributed by atoms with Gasteiger partial charge in [0.25, 0.3) is 0 Å². The Morgan fingerprint density at radius 2 is 1.74 bits per heavy atom. The van der Waals surface area contributed by atoms with Crippen LogP contribution in [0.3, 0.4) is 0 Å². The highest BCUT2D eigenvalue weighted by Crippen LogP contribution is 2.34. The van der Waals surface area contributed by atoms with E-state index in [1.54, 1.807) is 18.0 Å². The molecular formula is C27H29F3N4S. The van der Waals surface area contributed by atoms with E-state index in [-0.39, 0.29) is 0 Å². The van der Waals surface area contributed by atoms with Crippen molar-refractivity contribution < 1.29 is 13.2 Å². The summed E-state index contributed by atoms with van der Waals surface area (Å²) in [6.45, 7) is 1.72. The van der Waals surface area contributed by atoms with Gasteiger partial charge in [0.05, 0.1) is 29.6 Å². The number of thioether (sulfide) groups is 1. The number of aryl methyl sites for hydroxylation is 1. The summed E-state index contributed by atoms with van der Waals surface area (Å²) in [6.07, 6.45) is 5.66. The molecule has 2 aromatic carbocycles. The largest absolute Gasteiger partial charge is 0.416 e. The molecule has 0 saturated heterocycles. The van der Waals surface area contributed by atoms with E-state index in [2.05, 4.69) is 44.8 Å². The van der Waals surface area contributed by atoms with Gasteiger partial charge in [0.1, 0.15) is 0 Å². The lowest BCUT2D eigenvalue weighted by Gasteiger charge is -2.17. The molecule has 0 radical (unpaired) electrons. The fourth-order valence-corrected chi connectivity index (χ4v) is 5.04. The van der Waals surface area contributed by atoms with Crippen molar-refractivity contribution in [2.24, 2.45) is 0 Å². The van der Waals surface area contributed by atoms with E-state index in [4.69, 9.17) is 0 Å². The van der Waals surface area contributed by atoms with Crippen molar-refractivity contribution in [3.05, 3.63) is 84.6 Å². The molecule has 184 valence electrons. The number of pyridine rings is 1. The summed E-state index contributed by atoms with van der Waals surface area (Å²) in [5.41, 5.74) is 1.96. The molecule has 0 amide bonds. The zero-order chi connectivity index (χ0) is 24.7. The van der Waals surface area contributed by atoms with E-state index in [0.29, 0.717) is 5.52 Å². The molecule has 2 heterocycles. The number of unbranched alkanes of at least 4 members (excludes halogenated alkanes) is 3. The van der Waals surface area contributed by atoms with Crippen LogP contribution in [0.4, 0.5) is 18.9 Å². The number of anilines is 1. The zero-order valence-corrected chi connectivity index (χ0v) is 20.5. The third kappa shape index (κ3) is 7.01. The Labute approximate surface area is 208 Å². The molecule has 0 saturated carbocycles. The van der Waals surface area contributed by atoms with Gasteiger partial charge in [-0.1, -0.05) is 37.1 Å². The summed E-state index contributed by atoms with van der Waals surface area (Å²) in [4.78, 5) is 11.8. The number of hydrogen-bond acceptors (Lipinski definition) is 4. The van der Waals surface area contributed by atoms with Gasteiger partial charge >= 0.3 is 6.18 Å². The Balaban J connectivity index is 1.16. The number of para-hydroxylation sites is 1. The maximum atomic E-state index is 13.0. The Morgan fingerprint density at radius 1 is 0.943 bits per heavy atom. The Bertz CT molecular complexity index is 1220. The van der Waals surface area contributed by atoms with Crippen LogP contribution >= 0.6 is 11.8 Å². The summed E-state index contributed by atoms with van der Waals surface area (Å²) in [5.74, 6) is 0.932. The van der Waals surface area contributed by atoms with Gasteiger partial charge in [-0.3, -0.25) is 4.98 Å². The summed E-state index contributed by atoms with van der Waals surface area (Å²) in [6, 6.07) is 15.9. The second kappa shape index (κ2) is 11.6. The lowest BCUT2D eigenvalue weighted by molar-refractivity contribution is -0.137. The number of imidazole rings is 1. The first-order chi connectivity index (χ1) is 16.9. The van der Waals surface area contributed by atoms with Crippen molar-refractivity contribution in [3.63, 3.8) is 0 Å². The van der Waals surface area contributed by atoms with Crippen LogP contribution in [0.25, 0.3) is 10.9 Å². The lowest BCUT2D eigenvalue weighted by atomic mass is 10.1. The van der Waals surface area contributed by atoms with Crippen molar-refractivity contribution in [1.82, 2.24) is 14.5 Å². The molecule has 35 heavy (non-hydrogen) atoms. The van der Waals surface area contributed by atoms with Crippen LogP contribution in [0.15, 0.2) is 78.2 Å². The predicted octanol–water partition coefficient (Wildman–Crippen LogP) is 7.44. The molecule has 0 atom stereocenters. The first-order valence-electron chi connectivity index (χ1n) is 11.8. The third-order valence-electron chi connectivity index (χ3n) is 5.88. The molecule has 4 aromatic rings. The molecule has 0 aliphatic rings. The van der Waals surface area contributed by atoms with Gasteiger partial charge in [-0.2, -0.15) is 13.2 Å². The van der Waals surface area contributed by atoms with E-state index in [1.165, 1.54) is 11.8 Å². The molecule has 0 aliphatic carbocycles. The van der Waals surface area contributed by atoms with Crippen molar-refractivity contribution in [1.29, 1.82) is 0 Å². The topological polar surface area (TPSA) is 34.0 Å². The van der Waals surface area contributed by atoms with Crippen LogP contribution in [0.5, 0.6) is 0 Å². The second-order valence-electron chi connectivity index (χ2n) is 8.60. The maximum absolute atomic E-state index is 13.0. The number of halogens is 3. The highest BCUT2D eigenvalue weighted by atomic mass is 32.2. The molecule has 0 unspecified atom stereocenters. The minimum Gasteiger partial charge on any atom is -0.369 e. The van der Waals surface area contributed by atoms with Crippen LogP contribution < -0.4 is 4.90 Å². The molecule has 2 aromatic heterocycles. The van der Waals surface area contributed by atoms with Crippen LogP contribution in [-0.4, -0.2) is 27.3 Å². The highest BCUT2D eigenvalue weighted by Gasteiger charge is 2.30. The van der Waals surface area contributed by atoms with Crippen molar-refractivity contribution in [3.8, 4) is 0 Å². The van der Waals surface area contributed by atoms with E-state index in [9.17, 15) is 13.2 Å². The van der Waals surface area contributed by atoms with E-state index >= 15 is 0 Å². The summed E-state index contributed by atoms with van der Waals surface area (Å²) >= 11 is 1.68. The number of rotatable bonds is 11. The normalized spacial score (nSPS) is 11.8. The Hall–Kier alpha value is -3.00. The second-order valence-corrected chi connectivity index (χ2v) is 9.73. The summed E-state index contributed by atoms with van der Waals surface area (Å²) < 4.78 is 41.0. The molecule has 0 N–H and O–H groups in total. The average Bonchev–Trinajstić information content (AvgIpc) is 3.30. The Kier molecular flexibility index (Phi) is 8.33. The fourth-order valence-electron chi connectivity index (χ4n) is 3.98.